The lowest BCUT2D eigenvalue weighted by Gasteiger charge is -2.23. The minimum absolute atomic E-state index is 0.160. The SMILES string of the molecule is Cc1n[nH]c2ccc(C3=NN(C[C@H](N)Cc4ccc(Cl)cc4Cl)C(N)S3)cc12. The molecule has 0 spiro atoms. The molecule has 6 nitrogen and oxygen atoms in total. The van der Waals surface area contributed by atoms with Gasteiger partial charge >= 0.3 is 0 Å². The second kappa shape index (κ2) is 7.93. The predicted molar refractivity (Wildman–Crippen MR) is 118 cm³/mol. The van der Waals surface area contributed by atoms with Crippen molar-refractivity contribution in [3.05, 3.63) is 63.3 Å². The Bertz CT molecular complexity index is 1050. The summed E-state index contributed by atoms with van der Waals surface area (Å²) >= 11 is 13.7. The molecular formula is C19H20Cl2N6S. The van der Waals surface area contributed by atoms with Gasteiger partial charge in [-0.3, -0.25) is 10.1 Å². The maximum atomic E-state index is 6.34. The van der Waals surface area contributed by atoms with Gasteiger partial charge in [-0.1, -0.05) is 47.1 Å². The normalized spacial score (nSPS) is 18.0. The highest BCUT2D eigenvalue weighted by Gasteiger charge is 2.27. The average molecular weight is 435 g/mol. The Kier molecular flexibility index (Phi) is 5.53. The Morgan fingerprint density at radius 3 is 2.86 bits per heavy atom. The Morgan fingerprint density at radius 2 is 2.07 bits per heavy atom. The Morgan fingerprint density at radius 1 is 1.25 bits per heavy atom. The molecule has 0 bridgehead atoms. The summed E-state index contributed by atoms with van der Waals surface area (Å²) < 4.78 is 0. The van der Waals surface area contributed by atoms with E-state index in [4.69, 9.17) is 39.8 Å². The molecule has 146 valence electrons. The lowest BCUT2D eigenvalue weighted by atomic mass is 10.1. The van der Waals surface area contributed by atoms with E-state index in [0.29, 0.717) is 23.0 Å². The second-order valence-corrected chi connectivity index (χ2v) is 8.75. The van der Waals surface area contributed by atoms with Crippen LogP contribution < -0.4 is 11.5 Å². The second-order valence-electron chi connectivity index (χ2n) is 6.80. The quantitative estimate of drug-likeness (QED) is 0.568. The summed E-state index contributed by atoms with van der Waals surface area (Å²) in [6.07, 6.45) is 0.620. The maximum absolute atomic E-state index is 6.34. The van der Waals surface area contributed by atoms with E-state index in [2.05, 4.69) is 16.3 Å². The van der Waals surface area contributed by atoms with Gasteiger partial charge in [0.1, 0.15) is 10.5 Å². The third kappa shape index (κ3) is 3.99. The van der Waals surface area contributed by atoms with Gasteiger partial charge < -0.3 is 11.5 Å². The number of hydrazone groups is 1. The Labute approximate surface area is 177 Å². The number of hydrogen-bond donors (Lipinski definition) is 3. The lowest BCUT2D eigenvalue weighted by Crippen LogP contribution is -2.42. The van der Waals surface area contributed by atoms with Crippen molar-refractivity contribution in [1.82, 2.24) is 15.2 Å². The van der Waals surface area contributed by atoms with Gasteiger partial charge in [-0.25, -0.2) is 0 Å². The molecule has 2 atom stereocenters. The molecule has 0 fully saturated rings. The van der Waals surface area contributed by atoms with E-state index < -0.39 is 0 Å². The Balaban J connectivity index is 1.48. The largest absolute Gasteiger partial charge is 0.326 e. The van der Waals surface area contributed by atoms with Crippen molar-refractivity contribution in [3.63, 3.8) is 0 Å². The van der Waals surface area contributed by atoms with Crippen LogP contribution in [0.1, 0.15) is 16.8 Å². The monoisotopic (exact) mass is 434 g/mol. The molecule has 9 heteroatoms. The average Bonchev–Trinajstić information content (AvgIpc) is 3.20. The van der Waals surface area contributed by atoms with Gasteiger partial charge in [0.15, 0.2) is 0 Å². The van der Waals surface area contributed by atoms with Crippen LogP contribution >= 0.6 is 35.0 Å². The van der Waals surface area contributed by atoms with Crippen LogP contribution in [0.4, 0.5) is 0 Å². The number of aryl methyl sites for hydroxylation is 1. The first-order valence-corrected chi connectivity index (χ1v) is 10.5. The summed E-state index contributed by atoms with van der Waals surface area (Å²) in [6.45, 7) is 2.51. The van der Waals surface area contributed by atoms with E-state index in [9.17, 15) is 0 Å². The molecule has 0 aliphatic carbocycles. The standard InChI is InChI=1S/C19H20Cl2N6S/c1-10-15-7-12(3-5-17(15)25-24-10)18-26-27(19(23)28-18)9-14(22)6-11-2-4-13(20)8-16(11)21/h2-5,7-8,14,19H,6,9,22-23H2,1H3,(H,24,25)/t14-,19?/m1/s1. The van der Waals surface area contributed by atoms with Gasteiger partial charge in [-0.15, -0.1) is 0 Å². The molecule has 0 saturated heterocycles. The summed E-state index contributed by atoms with van der Waals surface area (Å²) in [5, 5.41) is 17.0. The highest BCUT2D eigenvalue weighted by atomic mass is 35.5. The van der Waals surface area contributed by atoms with Crippen molar-refractivity contribution in [3.8, 4) is 0 Å². The number of thioether (sulfide) groups is 1. The first kappa shape index (κ1) is 19.5. The molecule has 1 aliphatic rings. The van der Waals surface area contributed by atoms with Crippen molar-refractivity contribution in [1.29, 1.82) is 0 Å². The van der Waals surface area contributed by atoms with E-state index in [-0.39, 0.29) is 11.5 Å². The van der Waals surface area contributed by atoms with Crippen LogP contribution in [0.2, 0.25) is 10.0 Å². The molecule has 1 unspecified atom stereocenters. The van der Waals surface area contributed by atoms with E-state index in [0.717, 1.165) is 32.8 Å². The first-order chi connectivity index (χ1) is 13.4. The van der Waals surface area contributed by atoms with Crippen LogP contribution in [0.3, 0.4) is 0 Å². The van der Waals surface area contributed by atoms with Crippen molar-refractivity contribution >= 4 is 50.9 Å². The zero-order valence-electron chi connectivity index (χ0n) is 15.2. The summed E-state index contributed by atoms with van der Waals surface area (Å²) in [6, 6.07) is 11.4. The summed E-state index contributed by atoms with van der Waals surface area (Å²) in [5.74, 6) is 0. The maximum Gasteiger partial charge on any atom is 0.147 e. The van der Waals surface area contributed by atoms with E-state index in [1.54, 1.807) is 6.07 Å². The summed E-state index contributed by atoms with van der Waals surface area (Å²) in [7, 11) is 0. The number of aromatic nitrogens is 2. The number of halogens is 2. The van der Waals surface area contributed by atoms with Gasteiger partial charge in [0.2, 0.25) is 0 Å². The van der Waals surface area contributed by atoms with Crippen LogP contribution in [0.15, 0.2) is 41.5 Å². The molecule has 4 rings (SSSR count). The zero-order chi connectivity index (χ0) is 19.8. The number of benzene rings is 2. The fourth-order valence-electron chi connectivity index (χ4n) is 3.20. The van der Waals surface area contributed by atoms with Crippen LogP contribution in [-0.4, -0.2) is 38.3 Å². The summed E-state index contributed by atoms with van der Waals surface area (Å²) in [4.78, 5) is 0. The summed E-state index contributed by atoms with van der Waals surface area (Å²) in [5.41, 5.74) is 16.3. The molecule has 2 heterocycles. The molecule has 0 amide bonds. The Hall–Kier alpha value is -1.77. The number of H-pyrrole nitrogens is 1. The number of fused-ring (bicyclic) bond motifs is 1. The van der Waals surface area contributed by atoms with Crippen LogP contribution in [0, 0.1) is 6.92 Å². The minimum Gasteiger partial charge on any atom is -0.326 e. The van der Waals surface area contributed by atoms with E-state index in [1.807, 2.05) is 36.2 Å². The number of hydrogen-bond acceptors (Lipinski definition) is 6. The highest BCUT2D eigenvalue weighted by Crippen LogP contribution is 2.29. The van der Waals surface area contributed by atoms with Gasteiger partial charge in [-0.2, -0.15) is 10.2 Å². The topological polar surface area (TPSA) is 96.3 Å². The molecule has 28 heavy (non-hydrogen) atoms. The number of nitrogens with two attached hydrogens (primary N) is 2. The van der Waals surface area contributed by atoms with Crippen molar-refractivity contribution < 1.29 is 0 Å². The number of nitrogens with one attached hydrogen (secondary N) is 1. The van der Waals surface area contributed by atoms with Crippen LogP contribution in [0.25, 0.3) is 10.9 Å². The smallest absolute Gasteiger partial charge is 0.147 e. The van der Waals surface area contributed by atoms with Gasteiger partial charge in [0.05, 0.1) is 17.8 Å². The van der Waals surface area contributed by atoms with E-state index >= 15 is 0 Å². The minimum atomic E-state index is -0.275. The van der Waals surface area contributed by atoms with Gasteiger partial charge in [-0.05, 0) is 43.2 Å². The number of nitrogens with zero attached hydrogens (tertiary/aromatic N) is 3. The molecular weight excluding hydrogens is 415 g/mol. The third-order valence-electron chi connectivity index (χ3n) is 4.66. The lowest BCUT2D eigenvalue weighted by molar-refractivity contribution is 0.261. The molecule has 1 aromatic heterocycles. The fraction of sp³-hybridized carbons (Fsp3) is 0.263. The van der Waals surface area contributed by atoms with Crippen molar-refractivity contribution in [2.45, 2.75) is 24.9 Å². The fourth-order valence-corrected chi connectivity index (χ4v) is 4.58. The molecule has 0 saturated carbocycles. The van der Waals surface area contributed by atoms with Crippen molar-refractivity contribution in [2.75, 3.05) is 6.54 Å². The predicted octanol–water partition coefficient (Wildman–Crippen LogP) is 3.70. The van der Waals surface area contributed by atoms with Crippen LogP contribution in [-0.2, 0) is 6.42 Å². The zero-order valence-corrected chi connectivity index (χ0v) is 17.5. The first-order valence-electron chi connectivity index (χ1n) is 8.83. The number of aromatic amines is 1. The molecule has 5 N–H and O–H groups in total. The van der Waals surface area contributed by atoms with Gasteiger partial charge in [0, 0.05) is 27.0 Å². The van der Waals surface area contributed by atoms with E-state index in [1.165, 1.54) is 11.8 Å². The number of rotatable bonds is 5. The van der Waals surface area contributed by atoms with Crippen LogP contribution in [0.5, 0.6) is 0 Å². The van der Waals surface area contributed by atoms with Crippen molar-refractivity contribution in [2.24, 2.45) is 16.6 Å². The molecule has 3 aromatic rings. The third-order valence-corrected chi connectivity index (χ3v) is 6.28. The molecule has 2 aromatic carbocycles. The molecule has 0 radical (unpaired) electrons. The van der Waals surface area contributed by atoms with Gasteiger partial charge in [0.25, 0.3) is 0 Å². The molecule has 1 aliphatic heterocycles. The highest BCUT2D eigenvalue weighted by molar-refractivity contribution is 8.15.